The van der Waals surface area contributed by atoms with Crippen molar-refractivity contribution in [1.29, 1.82) is 0 Å². The zero-order chi connectivity index (χ0) is 14.7. The molecule has 0 unspecified atom stereocenters. The fraction of sp³-hybridized carbons (Fsp3) is 0.467. The largest absolute Gasteiger partial charge is 0.507 e. The molecule has 108 valence electrons. The molecule has 0 saturated heterocycles. The molecule has 0 atom stereocenters. The smallest absolute Gasteiger partial charge is 0.306 e. The molecule has 5 heteroatoms. The first-order valence-electron chi connectivity index (χ1n) is 6.80. The number of carbonyl (C=O) groups is 2. The van der Waals surface area contributed by atoms with E-state index in [4.69, 9.17) is 5.11 Å². The molecule has 2 rings (SSSR count). The van der Waals surface area contributed by atoms with Crippen molar-refractivity contribution in [3.8, 4) is 5.75 Å². The topological polar surface area (TPSA) is 86.6 Å². The molecule has 1 aromatic carbocycles. The summed E-state index contributed by atoms with van der Waals surface area (Å²) < 4.78 is 0. The minimum Gasteiger partial charge on any atom is -0.507 e. The molecule has 1 fully saturated rings. The number of aromatic hydroxyl groups is 1. The maximum atomic E-state index is 12.1. The molecule has 0 aliphatic heterocycles. The van der Waals surface area contributed by atoms with E-state index in [-0.39, 0.29) is 29.2 Å². The predicted molar refractivity (Wildman–Crippen MR) is 73.7 cm³/mol. The highest BCUT2D eigenvalue weighted by molar-refractivity contribution is 5.97. The van der Waals surface area contributed by atoms with Gasteiger partial charge in [0.2, 0.25) is 0 Å². The van der Waals surface area contributed by atoms with Crippen LogP contribution in [-0.2, 0) is 4.79 Å². The highest BCUT2D eigenvalue weighted by Crippen LogP contribution is 2.25. The van der Waals surface area contributed by atoms with Gasteiger partial charge in [0.25, 0.3) is 5.91 Å². The predicted octanol–water partition coefficient (Wildman–Crippen LogP) is 2.07. The minimum absolute atomic E-state index is 0.0150. The first kappa shape index (κ1) is 14.4. The van der Waals surface area contributed by atoms with Crippen molar-refractivity contribution in [2.24, 2.45) is 5.92 Å². The molecule has 3 N–H and O–H groups in total. The molecule has 0 spiro atoms. The van der Waals surface area contributed by atoms with Crippen LogP contribution in [0.25, 0.3) is 0 Å². The lowest BCUT2D eigenvalue weighted by atomic mass is 9.86. The summed E-state index contributed by atoms with van der Waals surface area (Å²) in [5.74, 6) is -1.38. The van der Waals surface area contributed by atoms with E-state index < -0.39 is 5.97 Å². The number of hydrogen-bond donors (Lipinski definition) is 3. The fourth-order valence-electron chi connectivity index (χ4n) is 2.58. The van der Waals surface area contributed by atoms with Crippen LogP contribution in [0.3, 0.4) is 0 Å². The van der Waals surface area contributed by atoms with Gasteiger partial charge in [-0.3, -0.25) is 9.59 Å². The molecule has 1 aromatic rings. The van der Waals surface area contributed by atoms with E-state index in [0.29, 0.717) is 25.7 Å². The van der Waals surface area contributed by atoms with Gasteiger partial charge in [-0.1, -0.05) is 6.07 Å². The lowest BCUT2D eigenvalue weighted by molar-refractivity contribution is -0.142. The van der Waals surface area contributed by atoms with Crippen LogP contribution in [0, 0.1) is 12.8 Å². The van der Waals surface area contributed by atoms with Crippen molar-refractivity contribution in [1.82, 2.24) is 5.32 Å². The van der Waals surface area contributed by atoms with Crippen molar-refractivity contribution < 1.29 is 19.8 Å². The molecule has 5 nitrogen and oxygen atoms in total. The third kappa shape index (κ3) is 3.29. The number of amides is 1. The van der Waals surface area contributed by atoms with Crippen LogP contribution in [0.1, 0.15) is 41.6 Å². The Labute approximate surface area is 117 Å². The lowest BCUT2D eigenvalue weighted by Crippen LogP contribution is -2.38. The third-order valence-electron chi connectivity index (χ3n) is 3.81. The van der Waals surface area contributed by atoms with Crippen molar-refractivity contribution in [2.75, 3.05) is 0 Å². The van der Waals surface area contributed by atoms with Crippen LogP contribution in [-0.4, -0.2) is 28.1 Å². The summed E-state index contributed by atoms with van der Waals surface area (Å²) >= 11 is 0. The molecule has 0 heterocycles. The van der Waals surface area contributed by atoms with Gasteiger partial charge >= 0.3 is 5.97 Å². The highest BCUT2D eigenvalue weighted by atomic mass is 16.4. The Morgan fingerprint density at radius 2 is 1.85 bits per heavy atom. The highest BCUT2D eigenvalue weighted by Gasteiger charge is 2.27. The number of rotatable bonds is 3. The van der Waals surface area contributed by atoms with Gasteiger partial charge in [-0.15, -0.1) is 0 Å². The van der Waals surface area contributed by atoms with E-state index in [1.807, 2.05) is 6.92 Å². The third-order valence-corrected chi connectivity index (χ3v) is 3.81. The van der Waals surface area contributed by atoms with Gasteiger partial charge in [0.1, 0.15) is 5.75 Å². The monoisotopic (exact) mass is 277 g/mol. The summed E-state index contributed by atoms with van der Waals surface area (Å²) in [5.41, 5.74) is 1.15. The quantitative estimate of drug-likeness (QED) is 0.789. The minimum atomic E-state index is -0.758. The number of benzene rings is 1. The van der Waals surface area contributed by atoms with Crippen molar-refractivity contribution in [3.63, 3.8) is 0 Å². The normalized spacial score (nSPS) is 22.2. The van der Waals surface area contributed by atoms with Gasteiger partial charge in [0.05, 0.1) is 11.5 Å². The van der Waals surface area contributed by atoms with Gasteiger partial charge in [0.15, 0.2) is 0 Å². The second-order valence-corrected chi connectivity index (χ2v) is 5.38. The number of carboxylic acid groups (broad SMARTS) is 1. The molecule has 1 saturated carbocycles. The molecule has 1 amide bonds. The molecule has 0 radical (unpaired) electrons. The molecule has 20 heavy (non-hydrogen) atoms. The summed E-state index contributed by atoms with van der Waals surface area (Å²) in [7, 11) is 0. The van der Waals surface area contributed by atoms with Crippen molar-refractivity contribution in [2.45, 2.75) is 38.6 Å². The van der Waals surface area contributed by atoms with Crippen LogP contribution in [0.2, 0.25) is 0 Å². The zero-order valence-electron chi connectivity index (χ0n) is 11.4. The first-order chi connectivity index (χ1) is 9.47. The van der Waals surface area contributed by atoms with Crippen LogP contribution < -0.4 is 5.32 Å². The van der Waals surface area contributed by atoms with Gasteiger partial charge in [-0.25, -0.2) is 0 Å². The lowest BCUT2D eigenvalue weighted by Gasteiger charge is -2.26. The Kier molecular flexibility index (Phi) is 4.27. The summed E-state index contributed by atoms with van der Waals surface area (Å²) in [6.07, 6.45) is 2.49. The number of carboxylic acids is 1. The number of nitrogens with one attached hydrogen (secondary N) is 1. The van der Waals surface area contributed by atoms with Crippen LogP contribution >= 0.6 is 0 Å². The average molecular weight is 277 g/mol. The summed E-state index contributed by atoms with van der Waals surface area (Å²) in [5, 5.41) is 21.6. The van der Waals surface area contributed by atoms with Crippen LogP contribution in [0.5, 0.6) is 5.75 Å². The molecule has 0 aromatic heterocycles. The second-order valence-electron chi connectivity index (χ2n) is 5.38. The van der Waals surface area contributed by atoms with Gasteiger partial charge in [-0.05, 0) is 50.3 Å². The first-order valence-corrected chi connectivity index (χ1v) is 6.80. The Hall–Kier alpha value is -2.04. The van der Waals surface area contributed by atoms with E-state index >= 15 is 0 Å². The number of hydrogen-bond acceptors (Lipinski definition) is 3. The van der Waals surface area contributed by atoms with E-state index in [2.05, 4.69) is 5.32 Å². The molecule has 1 aliphatic carbocycles. The van der Waals surface area contributed by atoms with E-state index in [1.54, 1.807) is 18.2 Å². The molecular weight excluding hydrogens is 258 g/mol. The fourth-order valence-corrected chi connectivity index (χ4v) is 2.58. The Balaban J connectivity index is 1.94. The summed E-state index contributed by atoms with van der Waals surface area (Å²) in [6, 6.07) is 4.91. The van der Waals surface area contributed by atoms with Gasteiger partial charge < -0.3 is 15.5 Å². The number of phenols is 1. The van der Waals surface area contributed by atoms with E-state index in [1.165, 1.54) is 0 Å². The second kappa shape index (κ2) is 5.94. The molecule has 1 aliphatic rings. The Bertz CT molecular complexity index is 519. The SMILES string of the molecule is Cc1ccc(C(=O)NC2CCC(C(=O)O)CC2)c(O)c1. The van der Waals surface area contributed by atoms with Crippen LogP contribution in [0.15, 0.2) is 18.2 Å². The van der Waals surface area contributed by atoms with E-state index in [0.717, 1.165) is 5.56 Å². The standard InChI is InChI=1S/C15H19NO4/c1-9-2-7-12(13(17)8-9)14(18)16-11-5-3-10(4-6-11)15(19)20/h2,7-8,10-11,17H,3-6H2,1H3,(H,16,18)(H,19,20). The maximum absolute atomic E-state index is 12.1. The van der Waals surface area contributed by atoms with Gasteiger partial charge in [0, 0.05) is 6.04 Å². The molecule has 0 bridgehead atoms. The van der Waals surface area contributed by atoms with Crippen molar-refractivity contribution in [3.05, 3.63) is 29.3 Å². The number of phenolic OH excluding ortho intramolecular Hbond substituents is 1. The maximum Gasteiger partial charge on any atom is 0.306 e. The van der Waals surface area contributed by atoms with Crippen molar-refractivity contribution >= 4 is 11.9 Å². The van der Waals surface area contributed by atoms with Gasteiger partial charge in [-0.2, -0.15) is 0 Å². The zero-order valence-corrected chi connectivity index (χ0v) is 11.4. The summed E-state index contributed by atoms with van der Waals surface area (Å²) in [4.78, 5) is 22.9. The molecular formula is C15H19NO4. The Morgan fingerprint density at radius 1 is 1.20 bits per heavy atom. The summed E-state index contributed by atoms with van der Waals surface area (Å²) in [6.45, 7) is 1.84. The number of aliphatic carboxylic acids is 1. The van der Waals surface area contributed by atoms with Crippen LogP contribution in [0.4, 0.5) is 0 Å². The number of carbonyl (C=O) groups excluding carboxylic acids is 1. The Morgan fingerprint density at radius 3 is 2.40 bits per heavy atom. The average Bonchev–Trinajstić information content (AvgIpc) is 2.39. The number of aryl methyl sites for hydroxylation is 1. The van der Waals surface area contributed by atoms with E-state index in [9.17, 15) is 14.7 Å².